The standard InChI is InChI=1S/C24H30N6O/c1-15(2)27-23(31)19-10-17(11-21(28-19)26-14-16-6-5-9-25-13-16)22-18-7-8-24(3,4)12-20(18)29-30-22/h5-6,9-11,13,15H,7-8,12,14H2,1-4H3,(H,26,28)(H,27,31)(H,29,30). The number of amides is 1. The predicted octanol–water partition coefficient (Wildman–Crippen LogP) is 4.13. The molecule has 7 heteroatoms. The van der Waals surface area contributed by atoms with Gasteiger partial charge in [0, 0.05) is 41.8 Å². The summed E-state index contributed by atoms with van der Waals surface area (Å²) in [6.45, 7) is 9.03. The quantitative estimate of drug-likeness (QED) is 0.559. The molecule has 0 radical (unpaired) electrons. The van der Waals surface area contributed by atoms with E-state index in [1.54, 1.807) is 6.20 Å². The summed E-state index contributed by atoms with van der Waals surface area (Å²) in [4.78, 5) is 21.5. The molecule has 1 aliphatic carbocycles. The molecular weight excluding hydrogens is 388 g/mol. The number of hydrogen-bond donors (Lipinski definition) is 3. The highest BCUT2D eigenvalue weighted by molar-refractivity contribution is 5.94. The lowest BCUT2D eigenvalue weighted by molar-refractivity contribution is 0.0938. The van der Waals surface area contributed by atoms with Crippen LogP contribution in [0, 0.1) is 5.41 Å². The Morgan fingerprint density at radius 3 is 2.87 bits per heavy atom. The molecule has 7 nitrogen and oxygen atoms in total. The van der Waals surface area contributed by atoms with E-state index in [1.807, 2.05) is 44.3 Å². The molecule has 3 N–H and O–H groups in total. The van der Waals surface area contributed by atoms with Gasteiger partial charge in [-0.2, -0.15) is 5.10 Å². The molecule has 4 rings (SSSR count). The van der Waals surface area contributed by atoms with Crippen molar-refractivity contribution in [2.24, 2.45) is 5.41 Å². The van der Waals surface area contributed by atoms with Crippen molar-refractivity contribution < 1.29 is 4.79 Å². The molecule has 3 heterocycles. The molecule has 0 bridgehead atoms. The first-order valence-electron chi connectivity index (χ1n) is 10.8. The number of aromatic amines is 1. The summed E-state index contributed by atoms with van der Waals surface area (Å²) >= 11 is 0. The molecular formula is C24H30N6O. The summed E-state index contributed by atoms with van der Waals surface area (Å²) in [5.74, 6) is 0.454. The van der Waals surface area contributed by atoms with Gasteiger partial charge in [0.2, 0.25) is 0 Å². The molecule has 0 unspecified atom stereocenters. The van der Waals surface area contributed by atoms with Gasteiger partial charge in [-0.15, -0.1) is 0 Å². The molecule has 0 saturated heterocycles. The number of pyridine rings is 2. The maximum absolute atomic E-state index is 12.7. The van der Waals surface area contributed by atoms with Crippen LogP contribution in [0.2, 0.25) is 0 Å². The summed E-state index contributed by atoms with van der Waals surface area (Å²) in [5, 5.41) is 14.1. The molecule has 0 atom stereocenters. The fraction of sp³-hybridized carbons (Fsp3) is 0.417. The molecule has 0 saturated carbocycles. The van der Waals surface area contributed by atoms with Gasteiger partial charge in [-0.05, 0) is 62.3 Å². The minimum absolute atomic E-state index is 0.0325. The molecule has 0 aliphatic heterocycles. The zero-order valence-electron chi connectivity index (χ0n) is 18.6. The largest absolute Gasteiger partial charge is 0.366 e. The number of nitrogens with zero attached hydrogens (tertiary/aromatic N) is 3. The Kier molecular flexibility index (Phi) is 5.76. The Bertz CT molecular complexity index is 1070. The number of nitrogens with one attached hydrogen (secondary N) is 3. The van der Waals surface area contributed by atoms with Gasteiger partial charge >= 0.3 is 0 Å². The van der Waals surface area contributed by atoms with E-state index in [0.717, 1.165) is 36.1 Å². The second-order valence-corrected chi connectivity index (χ2v) is 9.34. The Balaban J connectivity index is 1.68. The van der Waals surface area contributed by atoms with E-state index >= 15 is 0 Å². The van der Waals surface area contributed by atoms with Crippen LogP contribution in [0.1, 0.15) is 61.4 Å². The van der Waals surface area contributed by atoms with Crippen molar-refractivity contribution >= 4 is 11.7 Å². The first-order valence-corrected chi connectivity index (χ1v) is 10.8. The second kappa shape index (κ2) is 8.49. The predicted molar refractivity (Wildman–Crippen MR) is 122 cm³/mol. The molecule has 0 aromatic carbocycles. The van der Waals surface area contributed by atoms with E-state index in [1.165, 1.54) is 11.3 Å². The number of rotatable bonds is 6. The van der Waals surface area contributed by atoms with Crippen molar-refractivity contribution in [3.63, 3.8) is 0 Å². The van der Waals surface area contributed by atoms with Crippen LogP contribution in [-0.4, -0.2) is 32.1 Å². The van der Waals surface area contributed by atoms with Crippen LogP contribution in [0.15, 0.2) is 36.7 Å². The van der Waals surface area contributed by atoms with Gasteiger partial charge in [-0.1, -0.05) is 19.9 Å². The van der Waals surface area contributed by atoms with Crippen LogP contribution in [0.5, 0.6) is 0 Å². The Hall–Kier alpha value is -3.22. The van der Waals surface area contributed by atoms with E-state index in [-0.39, 0.29) is 17.4 Å². The number of anilines is 1. The van der Waals surface area contributed by atoms with Crippen molar-refractivity contribution in [3.05, 3.63) is 59.2 Å². The third-order valence-corrected chi connectivity index (χ3v) is 5.61. The second-order valence-electron chi connectivity index (χ2n) is 9.34. The highest BCUT2D eigenvalue weighted by Crippen LogP contribution is 2.38. The zero-order chi connectivity index (χ0) is 22.0. The molecule has 162 valence electrons. The van der Waals surface area contributed by atoms with Gasteiger partial charge in [-0.25, -0.2) is 4.98 Å². The number of carbonyl (C=O) groups excluding carboxylic acids is 1. The lowest BCUT2D eigenvalue weighted by Gasteiger charge is -2.29. The normalized spacial score (nSPS) is 14.9. The van der Waals surface area contributed by atoms with E-state index < -0.39 is 0 Å². The third kappa shape index (κ3) is 4.93. The topological polar surface area (TPSA) is 95.6 Å². The monoisotopic (exact) mass is 418 g/mol. The van der Waals surface area contributed by atoms with Gasteiger partial charge in [0.25, 0.3) is 5.91 Å². The summed E-state index contributed by atoms with van der Waals surface area (Å²) in [6, 6.07) is 7.74. The molecule has 1 aliphatic rings. The Morgan fingerprint density at radius 1 is 1.29 bits per heavy atom. The fourth-order valence-electron chi connectivity index (χ4n) is 3.99. The van der Waals surface area contributed by atoms with Crippen LogP contribution in [0.4, 0.5) is 5.82 Å². The van der Waals surface area contributed by atoms with Crippen molar-refractivity contribution in [1.82, 2.24) is 25.5 Å². The van der Waals surface area contributed by atoms with Crippen molar-refractivity contribution in [2.45, 2.75) is 59.5 Å². The van der Waals surface area contributed by atoms with E-state index in [0.29, 0.717) is 18.1 Å². The highest BCUT2D eigenvalue weighted by Gasteiger charge is 2.29. The van der Waals surface area contributed by atoms with Crippen LogP contribution < -0.4 is 10.6 Å². The lowest BCUT2D eigenvalue weighted by atomic mass is 9.76. The smallest absolute Gasteiger partial charge is 0.270 e. The first kappa shape index (κ1) is 21.0. The van der Waals surface area contributed by atoms with Crippen molar-refractivity contribution in [3.8, 4) is 11.3 Å². The number of hydrogen-bond acceptors (Lipinski definition) is 5. The summed E-state index contributed by atoms with van der Waals surface area (Å²) in [5.41, 5.74) is 5.95. The molecule has 0 fully saturated rings. The molecule has 0 spiro atoms. The van der Waals surface area contributed by atoms with Gasteiger partial charge in [0.1, 0.15) is 11.5 Å². The number of aromatic nitrogens is 4. The van der Waals surface area contributed by atoms with Crippen molar-refractivity contribution in [1.29, 1.82) is 0 Å². The fourth-order valence-corrected chi connectivity index (χ4v) is 3.99. The van der Waals surface area contributed by atoms with Gasteiger partial charge in [0.05, 0.1) is 5.69 Å². The van der Waals surface area contributed by atoms with Crippen molar-refractivity contribution in [2.75, 3.05) is 5.32 Å². The van der Waals surface area contributed by atoms with Gasteiger partial charge in [-0.3, -0.25) is 14.9 Å². The molecule has 1 amide bonds. The molecule has 3 aromatic rings. The average Bonchev–Trinajstić information content (AvgIpc) is 3.14. The van der Waals surface area contributed by atoms with Crippen LogP contribution in [-0.2, 0) is 19.4 Å². The first-order chi connectivity index (χ1) is 14.8. The Morgan fingerprint density at radius 2 is 2.13 bits per heavy atom. The number of H-pyrrole nitrogens is 1. The average molecular weight is 419 g/mol. The van der Waals surface area contributed by atoms with E-state index in [2.05, 4.69) is 44.6 Å². The minimum Gasteiger partial charge on any atom is -0.366 e. The summed E-state index contributed by atoms with van der Waals surface area (Å²) < 4.78 is 0. The van der Waals surface area contributed by atoms with Crippen LogP contribution in [0.25, 0.3) is 11.3 Å². The molecule has 31 heavy (non-hydrogen) atoms. The zero-order valence-corrected chi connectivity index (χ0v) is 18.6. The summed E-state index contributed by atoms with van der Waals surface area (Å²) in [7, 11) is 0. The highest BCUT2D eigenvalue weighted by atomic mass is 16.1. The van der Waals surface area contributed by atoms with E-state index in [4.69, 9.17) is 0 Å². The van der Waals surface area contributed by atoms with Gasteiger partial charge < -0.3 is 10.6 Å². The molecule has 3 aromatic heterocycles. The van der Waals surface area contributed by atoms with Crippen LogP contribution >= 0.6 is 0 Å². The van der Waals surface area contributed by atoms with Gasteiger partial charge in [0.15, 0.2) is 0 Å². The van der Waals surface area contributed by atoms with E-state index in [9.17, 15) is 4.79 Å². The maximum atomic E-state index is 12.7. The van der Waals surface area contributed by atoms with Crippen LogP contribution in [0.3, 0.4) is 0 Å². The summed E-state index contributed by atoms with van der Waals surface area (Å²) in [6.07, 6.45) is 6.63. The third-order valence-electron chi connectivity index (χ3n) is 5.61. The maximum Gasteiger partial charge on any atom is 0.270 e. The lowest BCUT2D eigenvalue weighted by Crippen LogP contribution is -2.31. The number of fused-ring (bicyclic) bond motifs is 1. The number of carbonyl (C=O) groups is 1. The Labute approximate surface area is 183 Å². The SMILES string of the molecule is CC(C)NC(=O)c1cc(-c2n[nH]c3c2CCC(C)(C)C3)cc(NCc2cccnc2)n1. The minimum atomic E-state index is -0.188.